The molecule has 1 amide bonds. The Kier molecular flexibility index (Phi) is 7.02. The van der Waals surface area contributed by atoms with Crippen molar-refractivity contribution in [3.8, 4) is 5.69 Å². The number of methoxy groups -OCH3 is 2. The molecular formula is C32H32N4O8. The van der Waals surface area contributed by atoms with Gasteiger partial charge in [-0.25, -0.2) is 23.5 Å². The fraction of sp³-hybridized carbons (Fsp3) is 0.375. The average molecular weight is 601 g/mol. The number of aromatic nitrogens is 3. The number of amides is 1. The van der Waals surface area contributed by atoms with Crippen LogP contribution in [0.5, 0.6) is 0 Å². The molecule has 1 aromatic heterocycles. The number of hydrogen-bond donors (Lipinski definition) is 1. The van der Waals surface area contributed by atoms with Gasteiger partial charge < -0.3 is 14.8 Å². The normalized spacial score (nSPS) is 27.2. The van der Waals surface area contributed by atoms with Crippen LogP contribution >= 0.6 is 0 Å². The minimum atomic E-state index is -1.67. The summed E-state index contributed by atoms with van der Waals surface area (Å²) >= 11 is 0. The van der Waals surface area contributed by atoms with Crippen LogP contribution in [0.3, 0.4) is 0 Å². The van der Waals surface area contributed by atoms with Gasteiger partial charge in [0.25, 0.3) is 5.91 Å². The Morgan fingerprint density at radius 2 is 1.43 bits per heavy atom. The van der Waals surface area contributed by atoms with E-state index in [1.54, 1.807) is 74.5 Å². The highest BCUT2D eigenvalue weighted by atomic mass is 16.5. The highest BCUT2D eigenvalue weighted by molar-refractivity contribution is 6.11. The van der Waals surface area contributed by atoms with Crippen LogP contribution in [0.25, 0.3) is 5.69 Å². The van der Waals surface area contributed by atoms with Gasteiger partial charge >= 0.3 is 23.3 Å². The Labute approximate surface area is 251 Å². The number of carbonyl (C=O) groups is 4. The van der Waals surface area contributed by atoms with Crippen molar-refractivity contribution < 1.29 is 28.7 Å². The molecule has 3 aromatic rings. The van der Waals surface area contributed by atoms with Crippen LogP contribution in [0.1, 0.15) is 49.1 Å². The van der Waals surface area contributed by atoms with Crippen LogP contribution in [0.15, 0.2) is 81.4 Å². The third-order valence-corrected chi connectivity index (χ3v) is 9.34. The van der Waals surface area contributed by atoms with Crippen molar-refractivity contribution in [3.63, 3.8) is 0 Å². The zero-order chi connectivity index (χ0) is 31.5. The van der Waals surface area contributed by atoms with Crippen molar-refractivity contribution >= 4 is 23.6 Å². The number of nitrogens with one attached hydrogen (secondary N) is 1. The van der Waals surface area contributed by atoms with Crippen molar-refractivity contribution in [1.82, 2.24) is 19.2 Å². The van der Waals surface area contributed by atoms with E-state index in [9.17, 15) is 28.8 Å². The maximum absolute atomic E-state index is 14.6. The SMILES string of the molecule is COC(=O)C1C[C@@H]2C3=C(C(=O)[C@@](C)(NC(=O)c4ccccc4)C3[C@H](C(=O)OC)C1)[C@H](C)n1c(=O)n(-c3ccccc3)c(=O)n12. The molecule has 12 nitrogen and oxygen atoms in total. The smallest absolute Gasteiger partial charge is 0.352 e. The molecule has 12 heteroatoms. The van der Waals surface area contributed by atoms with E-state index in [0.717, 1.165) is 4.57 Å². The first-order chi connectivity index (χ1) is 21.0. The first kappa shape index (κ1) is 29.1. The van der Waals surface area contributed by atoms with Crippen LogP contribution in [-0.4, -0.2) is 57.3 Å². The lowest BCUT2D eigenvalue weighted by molar-refractivity contribution is -0.151. The Morgan fingerprint density at radius 1 is 0.841 bits per heavy atom. The van der Waals surface area contributed by atoms with E-state index in [1.165, 1.54) is 23.6 Å². The highest BCUT2D eigenvalue weighted by Crippen LogP contribution is 2.56. The van der Waals surface area contributed by atoms with Gasteiger partial charge in [0.15, 0.2) is 5.78 Å². The van der Waals surface area contributed by atoms with Crippen molar-refractivity contribution in [2.24, 2.45) is 17.8 Å². The molecule has 6 rings (SSSR count). The number of fused-ring (bicyclic) bond motifs is 2. The number of benzene rings is 2. The molecular weight excluding hydrogens is 568 g/mol. The molecule has 6 atom stereocenters. The van der Waals surface area contributed by atoms with Crippen molar-refractivity contribution in [1.29, 1.82) is 0 Å². The molecule has 1 fully saturated rings. The summed E-state index contributed by atoms with van der Waals surface area (Å²) in [4.78, 5) is 82.8. The Hall–Kier alpha value is -5.00. The number of esters is 2. The molecule has 0 bridgehead atoms. The molecule has 0 saturated heterocycles. The summed E-state index contributed by atoms with van der Waals surface area (Å²) in [6.45, 7) is 3.19. The third kappa shape index (κ3) is 4.11. The molecule has 2 heterocycles. The molecule has 44 heavy (non-hydrogen) atoms. The van der Waals surface area contributed by atoms with E-state index >= 15 is 0 Å². The van der Waals surface area contributed by atoms with Gasteiger partial charge in [0, 0.05) is 17.1 Å². The van der Waals surface area contributed by atoms with E-state index < -0.39 is 70.4 Å². The Morgan fingerprint density at radius 3 is 2.05 bits per heavy atom. The molecule has 2 aliphatic carbocycles. The minimum Gasteiger partial charge on any atom is -0.469 e. The van der Waals surface area contributed by atoms with Gasteiger partial charge in [0.05, 0.1) is 43.8 Å². The number of nitrogens with zero attached hydrogens (tertiary/aromatic N) is 3. The molecule has 1 N–H and O–H groups in total. The summed E-state index contributed by atoms with van der Waals surface area (Å²) in [5.74, 6) is -5.20. The van der Waals surface area contributed by atoms with Gasteiger partial charge in [-0.1, -0.05) is 36.4 Å². The first-order valence-electron chi connectivity index (χ1n) is 14.4. The predicted octanol–water partition coefficient (Wildman–Crippen LogP) is 1.97. The van der Waals surface area contributed by atoms with Crippen LogP contribution in [0, 0.1) is 17.8 Å². The van der Waals surface area contributed by atoms with Crippen molar-refractivity contribution in [2.45, 2.75) is 44.3 Å². The number of rotatable bonds is 5. The van der Waals surface area contributed by atoms with Crippen molar-refractivity contribution in [2.75, 3.05) is 14.2 Å². The number of Topliss-reactive ketones (excluding diaryl/α,β-unsaturated/α-hetero) is 1. The number of carbonyl (C=O) groups excluding carboxylic acids is 4. The molecule has 1 saturated carbocycles. The molecule has 228 valence electrons. The second-order valence-electron chi connectivity index (χ2n) is 11.6. The van der Waals surface area contributed by atoms with Crippen LogP contribution in [-0.2, 0) is 23.9 Å². The van der Waals surface area contributed by atoms with Gasteiger partial charge in [-0.15, -0.1) is 0 Å². The second-order valence-corrected chi connectivity index (χ2v) is 11.6. The quantitative estimate of drug-likeness (QED) is 0.437. The molecule has 1 aliphatic heterocycles. The minimum absolute atomic E-state index is 0.0175. The molecule has 2 unspecified atom stereocenters. The molecule has 2 aromatic carbocycles. The van der Waals surface area contributed by atoms with Crippen molar-refractivity contribution in [3.05, 3.63) is 98.3 Å². The lowest BCUT2D eigenvalue weighted by Gasteiger charge is -2.37. The predicted molar refractivity (Wildman–Crippen MR) is 156 cm³/mol. The van der Waals surface area contributed by atoms with Crippen LogP contribution < -0.4 is 16.7 Å². The third-order valence-electron chi connectivity index (χ3n) is 9.34. The Balaban J connectivity index is 1.60. The zero-order valence-corrected chi connectivity index (χ0v) is 24.7. The molecule has 0 radical (unpaired) electrons. The Bertz CT molecular complexity index is 1840. The largest absolute Gasteiger partial charge is 0.469 e. The second kappa shape index (κ2) is 10.6. The van der Waals surface area contributed by atoms with E-state index in [4.69, 9.17) is 9.47 Å². The number of para-hydroxylation sites is 1. The summed E-state index contributed by atoms with van der Waals surface area (Å²) in [5.41, 5.74) is -1.67. The zero-order valence-electron chi connectivity index (χ0n) is 24.7. The number of hydrogen-bond acceptors (Lipinski definition) is 8. The summed E-state index contributed by atoms with van der Waals surface area (Å²) in [5, 5.41) is 2.90. The van der Waals surface area contributed by atoms with Gasteiger partial charge in [-0.3, -0.25) is 19.2 Å². The monoisotopic (exact) mass is 600 g/mol. The lowest BCUT2D eigenvalue weighted by atomic mass is 9.73. The standard InChI is InChI=1S/C32H32N4O8/c1-17-23-24-22(36-31(42)34(30(41)35(17)36)20-13-9-6-10-14-20)16-19(28(39)43-3)15-21(29(40)44-4)25(24)32(2,26(23)37)33-27(38)18-11-7-5-8-12-18/h5-14,17,19,21-22,25H,15-16H2,1-4H3,(H,33,38)/t17-,19?,21+,22+,25?,32-/m0/s1. The lowest BCUT2D eigenvalue weighted by Crippen LogP contribution is -2.57. The van der Waals surface area contributed by atoms with Gasteiger partial charge in [0.1, 0.15) is 5.54 Å². The fourth-order valence-corrected chi connectivity index (χ4v) is 7.44. The van der Waals surface area contributed by atoms with Crippen LogP contribution in [0.4, 0.5) is 0 Å². The summed E-state index contributed by atoms with van der Waals surface area (Å²) < 4.78 is 13.9. The maximum atomic E-state index is 14.6. The highest BCUT2D eigenvalue weighted by Gasteiger charge is 2.63. The van der Waals surface area contributed by atoms with E-state index in [1.807, 2.05) is 0 Å². The first-order valence-corrected chi connectivity index (χ1v) is 14.4. The van der Waals surface area contributed by atoms with Gasteiger partial charge in [-0.05, 0) is 56.5 Å². The molecule has 3 aliphatic rings. The summed E-state index contributed by atoms with van der Waals surface area (Å²) in [7, 11) is 2.45. The fourth-order valence-electron chi connectivity index (χ4n) is 7.44. The van der Waals surface area contributed by atoms with Gasteiger partial charge in [0.2, 0.25) is 0 Å². The van der Waals surface area contributed by atoms with E-state index in [0.29, 0.717) is 16.8 Å². The number of ketones is 1. The summed E-state index contributed by atoms with van der Waals surface area (Å²) in [6.07, 6.45) is -0.0789. The average Bonchev–Trinajstić information content (AvgIpc) is 3.33. The van der Waals surface area contributed by atoms with Gasteiger partial charge in [-0.2, -0.15) is 0 Å². The summed E-state index contributed by atoms with van der Waals surface area (Å²) in [6, 6.07) is 14.9. The van der Waals surface area contributed by atoms with Crippen LogP contribution in [0.2, 0.25) is 0 Å². The topological polar surface area (TPSA) is 148 Å². The molecule has 0 spiro atoms. The van der Waals surface area contributed by atoms with E-state index in [-0.39, 0.29) is 18.4 Å². The maximum Gasteiger partial charge on any atom is 0.352 e. The number of ether oxygens (including phenoxy) is 2. The van der Waals surface area contributed by atoms with E-state index in [2.05, 4.69) is 5.32 Å².